The summed E-state index contributed by atoms with van der Waals surface area (Å²) in [5.74, 6) is 1.27. The van der Waals surface area contributed by atoms with E-state index in [0.717, 1.165) is 66.4 Å². The van der Waals surface area contributed by atoms with Crippen molar-refractivity contribution in [2.75, 3.05) is 25.4 Å². The summed E-state index contributed by atoms with van der Waals surface area (Å²) >= 11 is 1.73. The molecule has 3 saturated heterocycles. The number of thioether (sulfide) groups is 1. The van der Waals surface area contributed by atoms with Gasteiger partial charge in [0.1, 0.15) is 6.10 Å². The number of hydrogen-bond donors (Lipinski definition) is 1. The SMILES string of the molecule is CC1(C)CSc2ccc(-c3ccc(C(F)(F)F)cc3)cc2C1NC(=O)O[C@H]1CN2CCC1CC2. The Hall–Kier alpha value is -2.19. The van der Waals surface area contributed by atoms with Crippen LogP contribution in [0.1, 0.15) is 43.9 Å². The van der Waals surface area contributed by atoms with Gasteiger partial charge < -0.3 is 10.1 Å². The average molecular weight is 491 g/mol. The van der Waals surface area contributed by atoms with Gasteiger partial charge in [0.15, 0.2) is 0 Å². The highest BCUT2D eigenvalue weighted by Gasteiger charge is 2.40. The van der Waals surface area contributed by atoms with E-state index in [1.165, 1.54) is 12.1 Å². The van der Waals surface area contributed by atoms with Gasteiger partial charge in [-0.25, -0.2) is 4.79 Å². The third kappa shape index (κ3) is 4.67. The Labute approximate surface area is 202 Å². The third-order valence-corrected chi connectivity index (χ3v) is 8.94. The summed E-state index contributed by atoms with van der Waals surface area (Å²) in [7, 11) is 0. The second-order valence-electron chi connectivity index (χ2n) is 10.3. The Morgan fingerprint density at radius 3 is 2.38 bits per heavy atom. The lowest BCUT2D eigenvalue weighted by atomic mass is 9.81. The number of carbonyl (C=O) groups is 1. The molecule has 4 nitrogen and oxygen atoms in total. The number of nitrogens with one attached hydrogen (secondary N) is 1. The fourth-order valence-electron chi connectivity index (χ4n) is 5.31. The highest BCUT2D eigenvalue weighted by Crippen LogP contribution is 2.48. The first-order valence-corrected chi connectivity index (χ1v) is 12.7. The van der Waals surface area contributed by atoms with Crippen LogP contribution in [0, 0.1) is 11.3 Å². The average Bonchev–Trinajstić information content (AvgIpc) is 2.81. The number of halogens is 3. The summed E-state index contributed by atoms with van der Waals surface area (Å²) in [4.78, 5) is 16.4. The van der Waals surface area contributed by atoms with Crippen molar-refractivity contribution in [2.24, 2.45) is 11.3 Å². The molecule has 4 heterocycles. The van der Waals surface area contributed by atoms with Gasteiger partial charge in [-0.2, -0.15) is 13.2 Å². The van der Waals surface area contributed by atoms with Gasteiger partial charge in [0.25, 0.3) is 0 Å². The van der Waals surface area contributed by atoms with E-state index in [9.17, 15) is 18.0 Å². The number of alkyl carbamates (subject to hydrolysis) is 1. The number of carbonyl (C=O) groups excluding carboxylic acids is 1. The zero-order chi connectivity index (χ0) is 24.1. The van der Waals surface area contributed by atoms with E-state index in [1.807, 2.05) is 18.2 Å². The molecule has 2 aromatic rings. The van der Waals surface area contributed by atoms with Crippen LogP contribution in [0.4, 0.5) is 18.0 Å². The van der Waals surface area contributed by atoms with E-state index in [-0.39, 0.29) is 17.6 Å². The van der Waals surface area contributed by atoms with Gasteiger partial charge >= 0.3 is 12.3 Å². The third-order valence-electron chi connectivity index (χ3n) is 7.36. The highest BCUT2D eigenvalue weighted by atomic mass is 32.2. The van der Waals surface area contributed by atoms with Gasteiger partial charge in [-0.05, 0) is 78.2 Å². The number of alkyl halides is 3. The first-order valence-electron chi connectivity index (χ1n) is 11.7. The molecule has 1 amide bonds. The minimum atomic E-state index is -4.36. The number of ether oxygens (including phenoxy) is 1. The summed E-state index contributed by atoms with van der Waals surface area (Å²) in [5, 5.41) is 3.14. The molecule has 0 spiro atoms. The van der Waals surface area contributed by atoms with Gasteiger partial charge in [0.2, 0.25) is 0 Å². The smallest absolute Gasteiger partial charge is 0.416 e. The first kappa shape index (κ1) is 23.5. The van der Waals surface area contributed by atoms with Crippen LogP contribution in [0.15, 0.2) is 47.4 Å². The van der Waals surface area contributed by atoms with Crippen molar-refractivity contribution in [3.05, 3.63) is 53.6 Å². The van der Waals surface area contributed by atoms with Gasteiger partial charge in [-0.1, -0.05) is 32.0 Å². The summed E-state index contributed by atoms with van der Waals surface area (Å²) in [6, 6.07) is 10.9. The van der Waals surface area contributed by atoms with Gasteiger partial charge in [-0.3, -0.25) is 4.90 Å². The number of nitrogens with zero attached hydrogens (tertiary/aromatic N) is 1. The zero-order valence-electron chi connectivity index (χ0n) is 19.3. The maximum absolute atomic E-state index is 13.0. The van der Waals surface area contributed by atoms with Gasteiger partial charge in [-0.15, -0.1) is 11.8 Å². The maximum atomic E-state index is 13.0. The van der Waals surface area contributed by atoms with Crippen LogP contribution in [-0.2, 0) is 10.9 Å². The lowest BCUT2D eigenvalue weighted by Crippen LogP contribution is -2.53. The predicted molar refractivity (Wildman–Crippen MR) is 127 cm³/mol. The van der Waals surface area contributed by atoms with E-state index in [4.69, 9.17) is 4.74 Å². The molecule has 2 bridgehead atoms. The van der Waals surface area contributed by atoms with Crippen molar-refractivity contribution in [1.82, 2.24) is 10.2 Å². The van der Waals surface area contributed by atoms with Crippen molar-refractivity contribution in [1.29, 1.82) is 0 Å². The first-order chi connectivity index (χ1) is 16.1. The molecule has 0 aromatic heterocycles. The minimum absolute atomic E-state index is 0.0680. The van der Waals surface area contributed by atoms with Crippen molar-refractivity contribution in [3.8, 4) is 11.1 Å². The Kier molecular flexibility index (Phi) is 6.09. The number of benzene rings is 2. The number of rotatable bonds is 3. The van der Waals surface area contributed by atoms with E-state index in [1.54, 1.807) is 11.8 Å². The van der Waals surface area contributed by atoms with Crippen molar-refractivity contribution in [3.63, 3.8) is 0 Å². The van der Waals surface area contributed by atoms with Gasteiger partial charge in [0, 0.05) is 17.2 Å². The predicted octanol–water partition coefficient (Wildman–Crippen LogP) is 6.37. The molecule has 2 aromatic carbocycles. The maximum Gasteiger partial charge on any atom is 0.416 e. The summed E-state index contributed by atoms with van der Waals surface area (Å²) in [5.41, 5.74) is 1.62. The molecule has 34 heavy (non-hydrogen) atoms. The lowest BCUT2D eigenvalue weighted by Gasteiger charge is -2.44. The normalized spacial score (nSPS) is 27.7. The summed E-state index contributed by atoms with van der Waals surface area (Å²) in [6.45, 7) is 7.20. The van der Waals surface area contributed by atoms with E-state index in [0.29, 0.717) is 11.5 Å². The molecule has 3 fully saturated rings. The van der Waals surface area contributed by atoms with Crippen LogP contribution in [0.3, 0.4) is 0 Å². The molecule has 1 unspecified atom stereocenters. The van der Waals surface area contributed by atoms with E-state index >= 15 is 0 Å². The Morgan fingerprint density at radius 2 is 1.76 bits per heavy atom. The quantitative estimate of drug-likeness (QED) is 0.543. The largest absolute Gasteiger partial charge is 0.445 e. The summed E-state index contributed by atoms with van der Waals surface area (Å²) < 4.78 is 44.8. The highest BCUT2D eigenvalue weighted by molar-refractivity contribution is 7.99. The van der Waals surface area contributed by atoms with Crippen LogP contribution in [0.2, 0.25) is 0 Å². The molecule has 1 N–H and O–H groups in total. The lowest BCUT2D eigenvalue weighted by molar-refractivity contribution is -0.137. The molecule has 0 radical (unpaired) electrons. The van der Waals surface area contributed by atoms with Gasteiger partial charge in [0.05, 0.1) is 11.6 Å². The molecule has 182 valence electrons. The van der Waals surface area contributed by atoms with Crippen LogP contribution >= 0.6 is 11.8 Å². The fraction of sp³-hybridized carbons (Fsp3) is 0.500. The van der Waals surface area contributed by atoms with Crippen molar-refractivity contribution in [2.45, 2.75) is 49.9 Å². The summed E-state index contributed by atoms with van der Waals surface area (Å²) in [6.07, 6.45) is -2.68. The minimum Gasteiger partial charge on any atom is -0.445 e. The van der Waals surface area contributed by atoms with Crippen molar-refractivity contribution >= 4 is 17.9 Å². The number of hydrogen-bond acceptors (Lipinski definition) is 4. The topological polar surface area (TPSA) is 41.6 Å². The molecule has 0 aliphatic carbocycles. The van der Waals surface area contributed by atoms with E-state index < -0.39 is 17.8 Å². The number of fused-ring (bicyclic) bond motifs is 4. The van der Waals surface area contributed by atoms with Crippen LogP contribution in [0.25, 0.3) is 11.1 Å². The molecule has 8 heteroatoms. The molecule has 6 rings (SSSR count). The molecule has 4 aliphatic heterocycles. The Balaban J connectivity index is 1.37. The monoisotopic (exact) mass is 490 g/mol. The Morgan fingerprint density at radius 1 is 1.09 bits per heavy atom. The Bertz CT molecular complexity index is 1060. The zero-order valence-corrected chi connectivity index (χ0v) is 20.1. The molecule has 0 saturated carbocycles. The van der Waals surface area contributed by atoms with Crippen LogP contribution in [-0.4, -0.2) is 42.5 Å². The number of amides is 1. The fourth-order valence-corrected chi connectivity index (χ4v) is 6.51. The van der Waals surface area contributed by atoms with Crippen molar-refractivity contribution < 1.29 is 22.7 Å². The number of piperidine rings is 3. The molecule has 2 atom stereocenters. The van der Waals surface area contributed by atoms with Crippen LogP contribution < -0.4 is 5.32 Å². The molecular weight excluding hydrogens is 461 g/mol. The molecule has 4 aliphatic rings. The van der Waals surface area contributed by atoms with E-state index in [2.05, 4.69) is 24.1 Å². The standard InChI is InChI=1S/C26H29F3N2O2S/c1-25(2)15-34-22-8-5-18(16-3-6-19(7-4-16)26(27,28)29)13-20(22)23(25)30-24(32)33-21-14-31-11-9-17(21)10-12-31/h3-8,13,17,21,23H,9-12,14-15H2,1-2H3,(H,30,32)/t21-,23?/m0/s1. The second-order valence-corrected chi connectivity index (χ2v) is 11.3. The second kappa shape index (κ2) is 8.79. The molecular formula is C26H29F3N2O2S. The van der Waals surface area contributed by atoms with Crippen LogP contribution in [0.5, 0.6) is 0 Å².